The van der Waals surface area contributed by atoms with Gasteiger partial charge in [-0.3, -0.25) is 4.79 Å². The minimum atomic E-state index is -0.679. The molecule has 1 atom stereocenters. The molecule has 0 fully saturated rings. The number of benzene rings is 2. The summed E-state index contributed by atoms with van der Waals surface area (Å²) in [6.45, 7) is 0.609. The van der Waals surface area contributed by atoms with Crippen molar-refractivity contribution in [1.82, 2.24) is 0 Å². The highest BCUT2D eigenvalue weighted by Gasteiger charge is 2.16. The molecule has 0 saturated carbocycles. The molecule has 0 heterocycles. The highest BCUT2D eigenvalue weighted by molar-refractivity contribution is 5.96. The molecule has 0 saturated heterocycles. The van der Waals surface area contributed by atoms with Crippen molar-refractivity contribution in [1.29, 1.82) is 0 Å². The number of nitrogens with one attached hydrogen (secondary N) is 1. The summed E-state index contributed by atoms with van der Waals surface area (Å²) in [4.78, 5) is 12.3. The minimum absolute atomic E-state index is 0.217. The first-order valence-corrected chi connectivity index (χ1v) is 6.90. The van der Waals surface area contributed by atoms with E-state index < -0.39 is 6.04 Å². The lowest BCUT2D eigenvalue weighted by Gasteiger charge is -2.15. The Morgan fingerprint density at radius 2 is 1.81 bits per heavy atom. The summed E-state index contributed by atoms with van der Waals surface area (Å²) in [6, 6.07) is 16.3. The summed E-state index contributed by atoms with van der Waals surface area (Å²) in [5, 5.41) is 2.90. The molecule has 0 unspecified atom stereocenters. The quantitative estimate of drug-likeness (QED) is 0.856. The molecule has 1 amide bonds. The zero-order valence-corrected chi connectivity index (χ0v) is 12.1. The summed E-state index contributed by atoms with van der Waals surface area (Å²) in [7, 11) is 1.66. The van der Waals surface area contributed by atoms with Crippen LogP contribution in [0.4, 0.5) is 5.69 Å². The van der Waals surface area contributed by atoms with Crippen LogP contribution in [0.5, 0.6) is 0 Å². The second-order valence-electron chi connectivity index (χ2n) is 4.78. The average Bonchev–Trinajstić information content (AvgIpc) is 2.54. The molecule has 4 nitrogen and oxygen atoms in total. The summed E-state index contributed by atoms with van der Waals surface area (Å²) >= 11 is 0. The van der Waals surface area contributed by atoms with Gasteiger partial charge in [-0.25, -0.2) is 0 Å². The number of hydrogen-bond acceptors (Lipinski definition) is 3. The minimum Gasteiger partial charge on any atom is -0.384 e. The number of rotatable bonds is 6. The molecule has 0 aromatic heterocycles. The van der Waals surface area contributed by atoms with Crippen LogP contribution < -0.4 is 11.1 Å². The van der Waals surface area contributed by atoms with Crippen molar-refractivity contribution in [3.63, 3.8) is 0 Å². The first-order valence-electron chi connectivity index (χ1n) is 6.90. The van der Waals surface area contributed by atoms with Gasteiger partial charge in [-0.15, -0.1) is 0 Å². The van der Waals surface area contributed by atoms with Gasteiger partial charge in [0.05, 0.1) is 6.61 Å². The monoisotopic (exact) mass is 284 g/mol. The molecular formula is C17H20N2O2. The van der Waals surface area contributed by atoms with Crippen LogP contribution >= 0.6 is 0 Å². The molecule has 21 heavy (non-hydrogen) atoms. The number of para-hydroxylation sites is 1. The van der Waals surface area contributed by atoms with Crippen LogP contribution in [0.2, 0.25) is 0 Å². The number of amides is 1. The van der Waals surface area contributed by atoms with Crippen LogP contribution in [0.25, 0.3) is 0 Å². The Kier molecular flexibility index (Phi) is 5.49. The number of ether oxygens (including phenoxy) is 1. The standard InChI is InChI=1S/C17H20N2O2/c1-21-12-11-13-7-5-6-10-15(13)19-17(20)16(18)14-8-3-2-4-9-14/h2-10,16H,11-12,18H2,1H3,(H,19,20)/t16-/m0/s1. The van der Waals surface area contributed by atoms with E-state index in [0.717, 1.165) is 23.2 Å². The number of nitrogens with two attached hydrogens (primary N) is 1. The molecular weight excluding hydrogens is 264 g/mol. The lowest BCUT2D eigenvalue weighted by molar-refractivity contribution is -0.117. The maximum Gasteiger partial charge on any atom is 0.245 e. The van der Waals surface area contributed by atoms with Crippen molar-refractivity contribution in [2.45, 2.75) is 12.5 Å². The predicted molar refractivity (Wildman–Crippen MR) is 84.0 cm³/mol. The number of hydrogen-bond donors (Lipinski definition) is 2. The molecule has 2 aromatic carbocycles. The van der Waals surface area contributed by atoms with Crippen LogP contribution in [-0.4, -0.2) is 19.6 Å². The van der Waals surface area contributed by atoms with Crippen molar-refractivity contribution in [3.8, 4) is 0 Å². The molecule has 3 N–H and O–H groups in total. The Bertz CT molecular complexity index is 584. The fraction of sp³-hybridized carbons (Fsp3) is 0.235. The van der Waals surface area contributed by atoms with Gasteiger partial charge in [0.15, 0.2) is 0 Å². The summed E-state index contributed by atoms with van der Waals surface area (Å²) in [5.74, 6) is -0.217. The Morgan fingerprint density at radius 1 is 1.14 bits per heavy atom. The fourth-order valence-corrected chi connectivity index (χ4v) is 2.09. The molecule has 0 aliphatic rings. The van der Waals surface area contributed by atoms with Crippen LogP contribution in [0, 0.1) is 0 Å². The van der Waals surface area contributed by atoms with E-state index in [-0.39, 0.29) is 5.91 Å². The van der Waals surface area contributed by atoms with Crippen molar-refractivity contribution >= 4 is 11.6 Å². The van der Waals surface area contributed by atoms with Crippen molar-refractivity contribution in [2.24, 2.45) is 5.73 Å². The molecule has 2 aromatic rings. The van der Waals surface area contributed by atoms with Gasteiger partial charge in [0, 0.05) is 12.8 Å². The van der Waals surface area contributed by atoms with E-state index in [9.17, 15) is 4.79 Å². The molecule has 0 bridgehead atoms. The third-order valence-electron chi connectivity index (χ3n) is 3.29. The van der Waals surface area contributed by atoms with Gasteiger partial charge in [0.25, 0.3) is 0 Å². The number of carbonyl (C=O) groups excluding carboxylic acids is 1. The predicted octanol–water partition coefficient (Wildman–Crippen LogP) is 2.51. The summed E-state index contributed by atoms with van der Waals surface area (Å²) < 4.78 is 5.09. The molecule has 0 aliphatic heterocycles. The Morgan fingerprint density at radius 3 is 2.52 bits per heavy atom. The Balaban J connectivity index is 2.09. The van der Waals surface area contributed by atoms with Crippen LogP contribution in [-0.2, 0) is 16.0 Å². The van der Waals surface area contributed by atoms with Crippen LogP contribution in [0.3, 0.4) is 0 Å². The van der Waals surface area contributed by atoms with E-state index in [1.165, 1.54) is 0 Å². The number of anilines is 1. The third kappa shape index (κ3) is 4.15. The van der Waals surface area contributed by atoms with Gasteiger partial charge in [-0.2, -0.15) is 0 Å². The second-order valence-corrected chi connectivity index (χ2v) is 4.78. The summed E-state index contributed by atoms with van der Waals surface area (Å²) in [5.41, 5.74) is 8.61. The molecule has 110 valence electrons. The van der Waals surface area contributed by atoms with Gasteiger partial charge in [-0.05, 0) is 23.6 Å². The van der Waals surface area contributed by atoms with Gasteiger partial charge in [0.1, 0.15) is 6.04 Å². The first kappa shape index (κ1) is 15.2. The highest BCUT2D eigenvalue weighted by Crippen LogP contribution is 2.18. The van der Waals surface area contributed by atoms with E-state index in [4.69, 9.17) is 10.5 Å². The lowest BCUT2D eigenvalue weighted by atomic mass is 10.1. The molecule has 0 radical (unpaired) electrons. The Hall–Kier alpha value is -2.17. The topological polar surface area (TPSA) is 64.3 Å². The molecule has 2 rings (SSSR count). The molecule has 0 aliphatic carbocycles. The Labute approximate surface area is 124 Å². The first-order chi connectivity index (χ1) is 10.2. The largest absolute Gasteiger partial charge is 0.384 e. The highest BCUT2D eigenvalue weighted by atomic mass is 16.5. The fourth-order valence-electron chi connectivity index (χ4n) is 2.09. The van der Waals surface area contributed by atoms with Crippen molar-refractivity contribution < 1.29 is 9.53 Å². The molecule has 4 heteroatoms. The van der Waals surface area contributed by atoms with Crippen LogP contribution in [0.1, 0.15) is 17.2 Å². The zero-order valence-electron chi connectivity index (χ0n) is 12.1. The van der Waals surface area contributed by atoms with Gasteiger partial charge < -0.3 is 15.8 Å². The van der Waals surface area contributed by atoms with Gasteiger partial charge in [-0.1, -0.05) is 48.5 Å². The van der Waals surface area contributed by atoms with Crippen LogP contribution in [0.15, 0.2) is 54.6 Å². The zero-order chi connectivity index (χ0) is 15.1. The maximum absolute atomic E-state index is 12.3. The average molecular weight is 284 g/mol. The number of carbonyl (C=O) groups is 1. The smallest absolute Gasteiger partial charge is 0.245 e. The summed E-state index contributed by atoms with van der Waals surface area (Å²) in [6.07, 6.45) is 0.744. The van der Waals surface area contributed by atoms with Crippen molar-refractivity contribution in [3.05, 3.63) is 65.7 Å². The second kappa shape index (κ2) is 7.57. The van der Waals surface area contributed by atoms with E-state index >= 15 is 0 Å². The van der Waals surface area contributed by atoms with E-state index in [1.807, 2.05) is 54.6 Å². The van der Waals surface area contributed by atoms with E-state index in [2.05, 4.69) is 5.32 Å². The normalized spacial score (nSPS) is 11.9. The van der Waals surface area contributed by atoms with E-state index in [0.29, 0.717) is 6.61 Å². The SMILES string of the molecule is COCCc1ccccc1NC(=O)[C@@H](N)c1ccccc1. The van der Waals surface area contributed by atoms with Gasteiger partial charge >= 0.3 is 0 Å². The van der Waals surface area contributed by atoms with Crippen molar-refractivity contribution in [2.75, 3.05) is 19.0 Å². The third-order valence-corrected chi connectivity index (χ3v) is 3.29. The maximum atomic E-state index is 12.3. The molecule has 0 spiro atoms. The van der Waals surface area contributed by atoms with Gasteiger partial charge in [0.2, 0.25) is 5.91 Å². The lowest BCUT2D eigenvalue weighted by Crippen LogP contribution is -2.28. The van der Waals surface area contributed by atoms with E-state index in [1.54, 1.807) is 7.11 Å². The number of methoxy groups -OCH3 is 1.